The number of carboxylic acids is 2. The third kappa shape index (κ3) is 30.1. The number of nitrogens with two attached hydrogens (primary N) is 4. The Morgan fingerprint density at radius 1 is 0.513 bits per heavy atom. The summed E-state index contributed by atoms with van der Waals surface area (Å²) in [5, 5.41) is 68.3. The molecule has 2 aromatic carbocycles. The predicted molar refractivity (Wildman–Crippen MR) is 409 cm³/mol. The number of primary amides is 1. The number of carboxylic acid groups (broad SMARTS) is 2. The standard InChI is InChI=1S/C75H114N18O20/c1-8-41(6)61(71(109)90-55(74(112)113)35-40(4)5)91-68(106)53(37-44-20-24-46(95)25-21-44)89-70(108)57-17-13-33-93(57)73(111)50(15-11-31-80-75(78)79)84-62(100)42(7)81-69(107)56-16-12-32-92(56)72(110)49(14-9-10-30-76)85-67(105)54(38-58(77)96)88-64(102)48(27-29-60(98)99)83-66(104)52(36-43-18-22-45(94)23-19-43)87-65(103)51(34-39(2)3)86-63(101)47-26-28-59(97)82-47/h18-25,39-42,47-57,61,94-95H,8-17,26-38,76H2,1-7H3,(H2,77,96)(H,81,107)(H,82,97)(H,83,104)(H,84,100)(H,85,105)(H,86,101)(H,87,103)(H,88,102)(H,89,108)(H,90,109)(H,91,106)(H,98,99)(H,112,113)(H4,78,79,80)/t41-,42-,47-,48-,49-,50-,51-,52-,53-,54-,55-,56-,57-,61-/m0/s1. The molecule has 38 heteroatoms. The number of nitrogens with one attached hydrogen (secondary N) is 11. The Labute approximate surface area is 655 Å². The van der Waals surface area contributed by atoms with Gasteiger partial charge in [0.05, 0.1) is 6.42 Å². The molecule has 0 spiro atoms. The van der Waals surface area contributed by atoms with Crippen LogP contribution in [-0.2, 0) is 89.6 Å². The molecule has 3 fully saturated rings. The fourth-order valence-corrected chi connectivity index (χ4v) is 13.3. The van der Waals surface area contributed by atoms with Gasteiger partial charge in [-0.15, -0.1) is 0 Å². The van der Waals surface area contributed by atoms with Gasteiger partial charge < -0.3 is 112 Å². The molecular formula is C75H114N18O20. The van der Waals surface area contributed by atoms with Crippen molar-refractivity contribution < 1.29 is 97.1 Å². The molecule has 0 aliphatic carbocycles. The minimum Gasteiger partial charge on any atom is -0.508 e. The molecule has 23 N–H and O–H groups in total. The van der Waals surface area contributed by atoms with Crippen LogP contribution in [0, 0.1) is 17.8 Å². The lowest BCUT2D eigenvalue weighted by Crippen LogP contribution is -2.61. The Balaban J connectivity index is 1.34. The van der Waals surface area contributed by atoms with Crippen molar-refractivity contribution in [1.82, 2.24) is 68.3 Å². The first-order valence-corrected chi connectivity index (χ1v) is 38.4. The zero-order valence-electron chi connectivity index (χ0n) is 65.1. The summed E-state index contributed by atoms with van der Waals surface area (Å²) in [5.74, 6) is -16.1. The second-order valence-corrected chi connectivity index (χ2v) is 29.8. The van der Waals surface area contributed by atoms with Gasteiger partial charge in [-0.1, -0.05) is 72.2 Å². The Hall–Kier alpha value is -11.2. The number of likely N-dealkylation sites (tertiary alicyclic amines) is 2. The van der Waals surface area contributed by atoms with Gasteiger partial charge in [-0.3, -0.25) is 76.9 Å². The maximum Gasteiger partial charge on any atom is 0.326 e. The maximum absolute atomic E-state index is 14.9. The van der Waals surface area contributed by atoms with E-state index in [1.165, 1.54) is 65.3 Å². The number of rotatable bonds is 46. The van der Waals surface area contributed by atoms with Crippen LogP contribution >= 0.6 is 0 Å². The zero-order valence-corrected chi connectivity index (χ0v) is 65.1. The van der Waals surface area contributed by atoms with Crippen molar-refractivity contribution >= 4 is 101 Å². The first-order valence-electron chi connectivity index (χ1n) is 38.4. The summed E-state index contributed by atoms with van der Waals surface area (Å²) in [7, 11) is 0. The number of hydrogen-bond donors (Lipinski definition) is 19. The molecule has 3 saturated heterocycles. The highest BCUT2D eigenvalue weighted by molar-refractivity contribution is 6.01. The highest BCUT2D eigenvalue weighted by atomic mass is 16.4. The number of nitrogens with zero attached hydrogens (tertiary/aromatic N) is 3. The topological polar surface area (TPSA) is 609 Å². The van der Waals surface area contributed by atoms with Crippen molar-refractivity contribution in [2.75, 3.05) is 26.2 Å². The molecule has 0 bridgehead atoms. The Bertz CT molecular complexity index is 3710. The summed E-state index contributed by atoms with van der Waals surface area (Å²) in [5.41, 5.74) is 23.5. The van der Waals surface area contributed by atoms with Gasteiger partial charge in [-0.2, -0.15) is 0 Å². The van der Waals surface area contributed by atoms with Crippen LogP contribution in [0.4, 0.5) is 0 Å². The number of unbranched alkanes of at least 4 members (excludes halogenated alkanes) is 1. The van der Waals surface area contributed by atoms with E-state index in [9.17, 15) is 97.1 Å². The largest absolute Gasteiger partial charge is 0.508 e. The molecule has 0 aromatic heterocycles. The molecular weight excluding hydrogens is 1470 g/mol. The van der Waals surface area contributed by atoms with E-state index in [1.807, 2.05) is 0 Å². The summed E-state index contributed by atoms with van der Waals surface area (Å²) in [6.45, 7) is 12.0. The van der Waals surface area contributed by atoms with Crippen LogP contribution < -0.4 is 81.4 Å². The van der Waals surface area contributed by atoms with Gasteiger partial charge in [-0.05, 0) is 150 Å². The fraction of sp³-hybridized carbons (Fsp3) is 0.613. The maximum atomic E-state index is 14.9. The quantitative estimate of drug-likeness (QED) is 0.0180. The number of hydrogen-bond acceptors (Lipinski definition) is 20. The summed E-state index contributed by atoms with van der Waals surface area (Å²) in [6, 6.07) is -6.89. The molecule has 113 heavy (non-hydrogen) atoms. The Morgan fingerprint density at radius 2 is 0.965 bits per heavy atom. The SMILES string of the molecule is CC[C@H](C)[C@H](NC(=O)[C@H](Cc1ccc(O)cc1)NC(=O)[C@@H]1CCCN1C(=O)[C@H](CCCN=C(N)N)NC(=O)[C@H](C)NC(=O)[C@@H]1CCCN1C(=O)[C@H](CCCCN)NC(=O)[C@H](CC(N)=O)NC(=O)[C@H](CCC(=O)O)NC(=O)[C@H](Cc1ccc(O)cc1)NC(=O)[C@H](CC(C)C)NC(=O)[C@@H]1CCC(=O)N1)C(=O)N[C@@H](CC(C)C)C(=O)O. The number of benzene rings is 2. The van der Waals surface area contributed by atoms with Gasteiger partial charge in [0.2, 0.25) is 82.7 Å². The van der Waals surface area contributed by atoms with Gasteiger partial charge in [0.25, 0.3) is 0 Å². The van der Waals surface area contributed by atoms with Gasteiger partial charge >= 0.3 is 11.9 Å². The van der Waals surface area contributed by atoms with E-state index in [0.717, 1.165) is 0 Å². The lowest BCUT2D eigenvalue weighted by atomic mass is 9.96. The number of carbonyl (C=O) groups excluding carboxylic acids is 14. The Kier molecular flexibility index (Phi) is 37.1. The van der Waals surface area contributed by atoms with Gasteiger partial charge in [0.15, 0.2) is 5.96 Å². The van der Waals surface area contributed by atoms with Gasteiger partial charge in [0.1, 0.15) is 90.0 Å². The summed E-state index contributed by atoms with van der Waals surface area (Å²) in [6.07, 6.45) is -0.860. The Morgan fingerprint density at radius 3 is 1.46 bits per heavy atom. The van der Waals surface area contributed by atoms with Crippen molar-refractivity contribution in [2.24, 2.45) is 45.7 Å². The fourth-order valence-electron chi connectivity index (χ4n) is 13.3. The number of carbonyl (C=O) groups is 16. The third-order valence-corrected chi connectivity index (χ3v) is 19.7. The van der Waals surface area contributed by atoms with E-state index in [2.05, 4.69) is 63.5 Å². The molecule has 3 aliphatic heterocycles. The van der Waals surface area contributed by atoms with Gasteiger partial charge in [-0.25, -0.2) is 4.79 Å². The van der Waals surface area contributed by atoms with Crippen molar-refractivity contribution in [2.45, 2.75) is 249 Å². The molecule has 0 unspecified atom stereocenters. The molecule has 0 radical (unpaired) electrons. The van der Waals surface area contributed by atoms with E-state index >= 15 is 0 Å². The van der Waals surface area contributed by atoms with Crippen molar-refractivity contribution in [3.05, 3.63) is 59.7 Å². The van der Waals surface area contributed by atoms with Crippen molar-refractivity contribution in [1.29, 1.82) is 0 Å². The van der Waals surface area contributed by atoms with Crippen LogP contribution in [0.5, 0.6) is 11.5 Å². The predicted octanol–water partition coefficient (Wildman–Crippen LogP) is -2.84. The van der Waals surface area contributed by atoms with E-state index in [4.69, 9.17) is 22.9 Å². The van der Waals surface area contributed by atoms with Crippen LogP contribution in [0.1, 0.15) is 169 Å². The average Bonchev–Trinajstić information content (AvgIpc) is 1.75. The number of aliphatic imine (C=N–C) groups is 1. The second kappa shape index (κ2) is 45.3. The lowest BCUT2D eigenvalue weighted by Gasteiger charge is -2.32. The summed E-state index contributed by atoms with van der Waals surface area (Å²) in [4.78, 5) is 227. The van der Waals surface area contributed by atoms with Crippen LogP contribution in [0.15, 0.2) is 53.5 Å². The van der Waals surface area contributed by atoms with E-state index in [0.29, 0.717) is 30.4 Å². The number of aromatic hydroxyl groups is 2. The molecule has 14 amide bonds. The third-order valence-electron chi connectivity index (χ3n) is 19.7. The van der Waals surface area contributed by atoms with E-state index < -0.39 is 192 Å². The average molecular weight is 1590 g/mol. The highest BCUT2D eigenvalue weighted by Crippen LogP contribution is 2.25. The lowest BCUT2D eigenvalue weighted by molar-refractivity contribution is -0.144. The minimum atomic E-state index is -1.90. The smallest absolute Gasteiger partial charge is 0.326 e. The minimum absolute atomic E-state index is 0.00367. The molecule has 14 atom stereocenters. The first kappa shape index (κ1) is 92.4. The molecule has 0 saturated carbocycles. The van der Waals surface area contributed by atoms with E-state index in [1.54, 1.807) is 41.5 Å². The van der Waals surface area contributed by atoms with Crippen LogP contribution in [0.2, 0.25) is 0 Å². The number of phenolic OH excluding ortho intramolecular Hbond substituents is 2. The van der Waals surface area contributed by atoms with Crippen molar-refractivity contribution in [3.8, 4) is 11.5 Å². The molecule has 3 heterocycles. The summed E-state index contributed by atoms with van der Waals surface area (Å²) < 4.78 is 0. The highest BCUT2D eigenvalue weighted by Gasteiger charge is 2.44. The molecule has 38 nitrogen and oxygen atoms in total. The molecule has 3 aliphatic rings. The monoisotopic (exact) mass is 1590 g/mol. The number of amides is 14. The van der Waals surface area contributed by atoms with E-state index in [-0.39, 0.29) is 145 Å². The van der Waals surface area contributed by atoms with Crippen LogP contribution in [-0.4, -0.2) is 236 Å². The number of aliphatic carboxylic acids is 2. The van der Waals surface area contributed by atoms with Crippen molar-refractivity contribution in [3.63, 3.8) is 0 Å². The molecule has 2 aromatic rings. The number of phenols is 2. The zero-order chi connectivity index (χ0) is 83.9. The molecule has 5 rings (SSSR count). The van der Waals surface area contributed by atoms with Gasteiger partial charge in [0, 0.05) is 45.3 Å². The summed E-state index contributed by atoms with van der Waals surface area (Å²) >= 11 is 0. The number of guanidine groups is 1. The van der Waals surface area contributed by atoms with Crippen LogP contribution in [0.3, 0.4) is 0 Å². The normalized spacial score (nSPS) is 18.1. The van der Waals surface area contributed by atoms with Crippen LogP contribution in [0.25, 0.3) is 0 Å². The first-order chi connectivity index (χ1) is 53.4. The molecule has 624 valence electrons. The second-order valence-electron chi connectivity index (χ2n) is 29.8.